The molecule has 2 amide bonds. The van der Waals surface area contributed by atoms with Crippen molar-refractivity contribution >= 4 is 12.3 Å². The fourth-order valence-corrected chi connectivity index (χ4v) is 3.95. The van der Waals surface area contributed by atoms with E-state index in [0.717, 1.165) is 18.5 Å². The lowest BCUT2D eigenvalue weighted by molar-refractivity contribution is -0.155. The minimum Gasteiger partial charge on any atom is -0.375 e. The summed E-state index contributed by atoms with van der Waals surface area (Å²) in [5.41, 5.74) is 0.577. The van der Waals surface area contributed by atoms with E-state index in [4.69, 9.17) is 4.74 Å². The van der Waals surface area contributed by atoms with E-state index in [1.54, 1.807) is 6.20 Å². The minimum atomic E-state index is -0.462. The second kappa shape index (κ2) is 10.7. The third-order valence-electron chi connectivity index (χ3n) is 5.53. The number of nitrogens with one attached hydrogen (secondary N) is 2. The number of hydrogen-bond acceptors (Lipinski definition) is 5. The normalized spacial score (nSPS) is 17.1. The number of imidazole rings is 1. The molecule has 8 nitrogen and oxygen atoms in total. The molecule has 2 atom stereocenters. The van der Waals surface area contributed by atoms with Gasteiger partial charge in [-0.3, -0.25) is 14.8 Å². The van der Waals surface area contributed by atoms with Crippen molar-refractivity contribution in [2.24, 2.45) is 17.3 Å². The van der Waals surface area contributed by atoms with Crippen molar-refractivity contribution in [1.82, 2.24) is 20.3 Å². The molecule has 1 aromatic heterocycles. The zero-order chi connectivity index (χ0) is 21.4. The molecule has 8 heteroatoms. The number of aromatic amines is 1. The standard InChI is InChI=1S/C21H36N4O4/c1-5-29-13-17-11-22-19(23-17)18(21(2,3)4)24-20(27)16(12-25(28)14-26)10-15-8-6-7-9-15/h11,14-16,18,28H,5-10,12-13H2,1-4H3,(H,22,23)(H,24,27). The van der Waals surface area contributed by atoms with Crippen LogP contribution in [-0.2, 0) is 20.9 Å². The molecule has 1 heterocycles. The zero-order valence-electron chi connectivity index (χ0n) is 18.1. The summed E-state index contributed by atoms with van der Waals surface area (Å²) >= 11 is 0. The Hall–Kier alpha value is -1.93. The number of carbonyl (C=O) groups is 2. The molecule has 164 valence electrons. The molecule has 1 saturated carbocycles. The Morgan fingerprint density at radius 3 is 2.72 bits per heavy atom. The maximum Gasteiger partial charge on any atom is 0.233 e. The van der Waals surface area contributed by atoms with Crippen LogP contribution in [0.5, 0.6) is 0 Å². The number of aromatic nitrogens is 2. The first kappa shape index (κ1) is 23.3. The summed E-state index contributed by atoms with van der Waals surface area (Å²) in [7, 11) is 0. The highest BCUT2D eigenvalue weighted by Gasteiger charge is 2.34. The number of rotatable bonds is 11. The summed E-state index contributed by atoms with van der Waals surface area (Å²) in [6, 6.07) is -0.333. The predicted molar refractivity (Wildman–Crippen MR) is 109 cm³/mol. The Labute approximate surface area is 173 Å². The van der Waals surface area contributed by atoms with Crippen LogP contribution in [0.4, 0.5) is 0 Å². The molecule has 1 aromatic rings. The van der Waals surface area contributed by atoms with E-state index in [9.17, 15) is 14.8 Å². The van der Waals surface area contributed by atoms with Gasteiger partial charge in [-0.25, -0.2) is 10.0 Å². The summed E-state index contributed by atoms with van der Waals surface area (Å²) in [4.78, 5) is 31.8. The summed E-state index contributed by atoms with van der Waals surface area (Å²) in [5.74, 6) is 0.508. The quantitative estimate of drug-likeness (QED) is 0.296. The van der Waals surface area contributed by atoms with E-state index in [-0.39, 0.29) is 23.9 Å². The van der Waals surface area contributed by atoms with Gasteiger partial charge in [0, 0.05) is 6.61 Å². The van der Waals surface area contributed by atoms with Gasteiger partial charge in [0.25, 0.3) is 0 Å². The van der Waals surface area contributed by atoms with Crippen molar-refractivity contribution in [1.29, 1.82) is 0 Å². The van der Waals surface area contributed by atoms with Crippen LogP contribution in [0.25, 0.3) is 0 Å². The van der Waals surface area contributed by atoms with E-state index in [1.807, 2.05) is 27.7 Å². The molecule has 0 bridgehead atoms. The minimum absolute atomic E-state index is 0.00353. The number of amides is 2. The molecule has 0 aliphatic heterocycles. The summed E-state index contributed by atoms with van der Waals surface area (Å²) in [5, 5.41) is 13.4. The van der Waals surface area contributed by atoms with Gasteiger partial charge in [-0.05, 0) is 24.7 Å². The Morgan fingerprint density at radius 2 is 2.14 bits per heavy atom. The topological polar surface area (TPSA) is 108 Å². The Balaban J connectivity index is 2.14. The van der Waals surface area contributed by atoms with Crippen molar-refractivity contribution in [2.75, 3.05) is 13.2 Å². The van der Waals surface area contributed by atoms with Crippen molar-refractivity contribution < 1.29 is 19.5 Å². The number of hydroxylamine groups is 2. The van der Waals surface area contributed by atoms with Gasteiger partial charge in [0.2, 0.25) is 12.3 Å². The average Bonchev–Trinajstić information content (AvgIpc) is 3.34. The lowest BCUT2D eigenvalue weighted by atomic mass is 9.85. The van der Waals surface area contributed by atoms with Gasteiger partial charge in [-0.15, -0.1) is 0 Å². The van der Waals surface area contributed by atoms with E-state index < -0.39 is 5.92 Å². The smallest absolute Gasteiger partial charge is 0.233 e. The van der Waals surface area contributed by atoms with E-state index in [2.05, 4.69) is 15.3 Å². The van der Waals surface area contributed by atoms with Gasteiger partial charge in [-0.1, -0.05) is 46.5 Å². The van der Waals surface area contributed by atoms with Gasteiger partial charge in [0.05, 0.1) is 37.0 Å². The molecule has 1 aliphatic rings. The van der Waals surface area contributed by atoms with Crippen LogP contribution in [0.1, 0.15) is 77.4 Å². The Kier molecular flexibility index (Phi) is 8.64. The van der Waals surface area contributed by atoms with Crippen molar-refractivity contribution in [3.05, 3.63) is 17.7 Å². The van der Waals surface area contributed by atoms with E-state index >= 15 is 0 Å². The highest BCUT2D eigenvalue weighted by Crippen LogP contribution is 2.34. The lowest BCUT2D eigenvalue weighted by Crippen LogP contribution is -2.43. The second-order valence-electron chi connectivity index (χ2n) is 9.05. The Bertz CT molecular complexity index is 649. The number of hydrogen-bond donors (Lipinski definition) is 3. The average molecular weight is 409 g/mol. The zero-order valence-corrected chi connectivity index (χ0v) is 18.1. The van der Waals surface area contributed by atoms with Crippen molar-refractivity contribution in [2.45, 2.75) is 72.4 Å². The maximum absolute atomic E-state index is 13.2. The Morgan fingerprint density at radius 1 is 1.45 bits per heavy atom. The van der Waals surface area contributed by atoms with Crippen LogP contribution in [0.3, 0.4) is 0 Å². The first-order valence-electron chi connectivity index (χ1n) is 10.6. The third kappa shape index (κ3) is 7.12. The van der Waals surface area contributed by atoms with Crippen LogP contribution in [0.2, 0.25) is 0 Å². The van der Waals surface area contributed by atoms with Gasteiger partial charge in [0.1, 0.15) is 5.82 Å². The second-order valence-corrected chi connectivity index (χ2v) is 9.05. The molecule has 2 rings (SSSR count). The van der Waals surface area contributed by atoms with Crippen LogP contribution >= 0.6 is 0 Å². The number of carbonyl (C=O) groups excluding carboxylic acids is 2. The van der Waals surface area contributed by atoms with Gasteiger partial charge < -0.3 is 15.0 Å². The first-order chi connectivity index (χ1) is 13.7. The van der Waals surface area contributed by atoms with Crippen LogP contribution in [0, 0.1) is 17.3 Å². The monoisotopic (exact) mass is 408 g/mol. The highest BCUT2D eigenvalue weighted by atomic mass is 16.5. The van der Waals surface area contributed by atoms with E-state index in [1.165, 1.54) is 12.8 Å². The van der Waals surface area contributed by atoms with Crippen LogP contribution in [-0.4, -0.2) is 45.7 Å². The van der Waals surface area contributed by atoms with E-state index in [0.29, 0.717) is 42.9 Å². The molecule has 0 aromatic carbocycles. The largest absolute Gasteiger partial charge is 0.375 e. The summed E-state index contributed by atoms with van der Waals surface area (Å²) in [6.45, 7) is 9.11. The number of ether oxygens (including phenoxy) is 1. The molecule has 0 saturated heterocycles. The fraction of sp³-hybridized carbons (Fsp3) is 0.762. The molecule has 0 spiro atoms. The molecule has 3 N–H and O–H groups in total. The molecular formula is C21H36N4O4. The summed E-state index contributed by atoms with van der Waals surface area (Å²) < 4.78 is 5.42. The SMILES string of the molecule is CCOCc1cnc(C(NC(=O)C(CC2CCCC2)CN(O)C=O)C(C)(C)C)[nH]1. The maximum atomic E-state index is 13.2. The lowest BCUT2D eigenvalue weighted by Gasteiger charge is -2.32. The van der Waals surface area contributed by atoms with Gasteiger partial charge in [0.15, 0.2) is 0 Å². The molecule has 0 radical (unpaired) electrons. The van der Waals surface area contributed by atoms with Crippen molar-refractivity contribution in [3.63, 3.8) is 0 Å². The van der Waals surface area contributed by atoms with Crippen LogP contribution in [0.15, 0.2) is 6.20 Å². The molecule has 29 heavy (non-hydrogen) atoms. The fourth-order valence-electron chi connectivity index (χ4n) is 3.95. The van der Waals surface area contributed by atoms with Gasteiger partial charge in [-0.2, -0.15) is 0 Å². The molecule has 1 aliphatic carbocycles. The first-order valence-corrected chi connectivity index (χ1v) is 10.6. The van der Waals surface area contributed by atoms with Crippen molar-refractivity contribution in [3.8, 4) is 0 Å². The summed E-state index contributed by atoms with van der Waals surface area (Å²) in [6.07, 6.45) is 7.29. The third-order valence-corrected chi connectivity index (χ3v) is 5.53. The predicted octanol–water partition coefficient (Wildman–Crippen LogP) is 3.19. The number of nitrogens with zero attached hydrogens (tertiary/aromatic N) is 2. The molecule has 1 fully saturated rings. The van der Waals surface area contributed by atoms with Gasteiger partial charge >= 0.3 is 0 Å². The highest BCUT2D eigenvalue weighted by molar-refractivity contribution is 5.79. The number of H-pyrrole nitrogens is 1. The molecular weight excluding hydrogens is 372 g/mol. The molecule has 2 unspecified atom stereocenters. The van der Waals surface area contributed by atoms with Crippen LogP contribution < -0.4 is 5.32 Å².